The molecular formula is C16H27N3O3S. The third kappa shape index (κ3) is 7.97. The Morgan fingerprint density at radius 3 is 2.52 bits per heavy atom. The van der Waals surface area contributed by atoms with Crippen molar-refractivity contribution in [2.75, 3.05) is 13.1 Å². The van der Waals surface area contributed by atoms with E-state index in [0.717, 1.165) is 10.7 Å². The van der Waals surface area contributed by atoms with Crippen LogP contribution in [0.2, 0.25) is 0 Å². The molecular weight excluding hydrogens is 314 g/mol. The van der Waals surface area contributed by atoms with Gasteiger partial charge in [0.25, 0.3) is 0 Å². The molecule has 7 heteroatoms. The van der Waals surface area contributed by atoms with Gasteiger partial charge in [0.05, 0.1) is 17.2 Å². The number of thiazole rings is 1. The fourth-order valence-corrected chi connectivity index (χ4v) is 2.55. The molecule has 0 atom stereocenters. The smallest absolute Gasteiger partial charge is 0.408 e. The van der Waals surface area contributed by atoms with E-state index in [2.05, 4.69) is 10.3 Å². The largest absolute Gasteiger partial charge is 0.444 e. The Bertz CT molecular complexity index is 535. The van der Waals surface area contributed by atoms with Crippen molar-refractivity contribution >= 4 is 23.3 Å². The topological polar surface area (TPSA) is 71.5 Å². The van der Waals surface area contributed by atoms with Gasteiger partial charge in [0.1, 0.15) is 12.1 Å². The summed E-state index contributed by atoms with van der Waals surface area (Å²) in [7, 11) is 0. The van der Waals surface area contributed by atoms with Gasteiger partial charge >= 0.3 is 6.09 Å². The predicted molar refractivity (Wildman–Crippen MR) is 91.3 cm³/mol. The van der Waals surface area contributed by atoms with E-state index in [0.29, 0.717) is 19.0 Å². The van der Waals surface area contributed by atoms with E-state index in [9.17, 15) is 9.59 Å². The second-order valence-corrected chi connectivity index (χ2v) is 7.94. The molecule has 6 nitrogen and oxygen atoms in total. The third-order valence-corrected chi connectivity index (χ3v) is 3.56. The molecule has 1 rings (SSSR count). The SMILES string of the molecule is Cc1nc(CN(CC(C)C)C(=O)CNC(=O)OC(C)(C)C)cs1. The number of rotatable bonds is 6. The Hall–Kier alpha value is -1.63. The Labute approximate surface area is 142 Å². The predicted octanol–water partition coefficient (Wildman–Crippen LogP) is 2.96. The quantitative estimate of drug-likeness (QED) is 0.863. The standard InChI is InChI=1S/C16H27N3O3S/c1-11(2)8-19(9-13-10-23-12(3)18-13)14(20)7-17-15(21)22-16(4,5)6/h10-11H,7-9H2,1-6H3,(H,17,21). The lowest BCUT2D eigenvalue weighted by atomic mass is 10.2. The molecule has 1 N–H and O–H groups in total. The van der Waals surface area contributed by atoms with E-state index in [4.69, 9.17) is 4.74 Å². The summed E-state index contributed by atoms with van der Waals surface area (Å²) in [6.45, 7) is 12.4. The number of carbonyl (C=O) groups is 2. The second-order valence-electron chi connectivity index (χ2n) is 6.88. The highest BCUT2D eigenvalue weighted by Crippen LogP contribution is 2.12. The highest BCUT2D eigenvalue weighted by molar-refractivity contribution is 7.09. The summed E-state index contributed by atoms with van der Waals surface area (Å²) in [5.74, 6) is 0.190. The Morgan fingerprint density at radius 1 is 1.39 bits per heavy atom. The molecule has 0 aromatic carbocycles. The van der Waals surface area contributed by atoms with Crippen LogP contribution in [0.25, 0.3) is 0 Å². The minimum absolute atomic E-state index is 0.0786. The monoisotopic (exact) mass is 341 g/mol. The van der Waals surface area contributed by atoms with Crippen molar-refractivity contribution in [2.24, 2.45) is 5.92 Å². The highest BCUT2D eigenvalue weighted by Gasteiger charge is 2.20. The van der Waals surface area contributed by atoms with E-state index in [1.807, 2.05) is 26.2 Å². The summed E-state index contributed by atoms with van der Waals surface area (Å²) in [6.07, 6.45) is -0.583. The Balaban J connectivity index is 2.60. The molecule has 1 aromatic rings. The number of amides is 2. The maximum absolute atomic E-state index is 12.4. The zero-order valence-electron chi connectivity index (χ0n) is 14.8. The Morgan fingerprint density at radius 2 is 2.04 bits per heavy atom. The van der Waals surface area contributed by atoms with Gasteiger partial charge in [-0.2, -0.15) is 0 Å². The number of alkyl carbamates (subject to hydrolysis) is 1. The lowest BCUT2D eigenvalue weighted by Crippen LogP contribution is -2.42. The van der Waals surface area contributed by atoms with E-state index in [1.54, 1.807) is 37.0 Å². The van der Waals surface area contributed by atoms with Crippen LogP contribution >= 0.6 is 11.3 Å². The molecule has 1 heterocycles. The van der Waals surface area contributed by atoms with Crippen molar-refractivity contribution in [1.29, 1.82) is 0 Å². The van der Waals surface area contributed by atoms with Gasteiger partial charge in [0.15, 0.2) is 0 Å². The molecule has 0 aliphatic heterocycles. The van der Waals surface area contributed by atoms with Crippen molar-refractivity contribution in [1.82, 2.24) is 15.2 Å². The normalized spacial score (nSPS) is 11.4. The molecule has 0 aliphatic carbocycles. The number of hydrogen-bond donors (Lipinski definition) is 1. The van der Waals surface area contributed by atoms with Crippen molar-refractivity contribution in [2.45, 2.75) is 53.7 Å². The van der Waals surface area contributed by atoms with Crippen LogP contribution < -0.4 is 5.32 Å². The average molecular weight is 341 g/mol. The van der Waals surface area contributed by atoms with Crippen LogP contribution in [0.15, 0.2) is 5.38 Å². The van der Waals surface area contributed by atoms with E-state index in [-0.39, 0.29) is 12.5 Å². The van der Waals surface area contributed by atoms with Crippen molar-refractivity contribution in [3.05, 3.63) is 16.1 Å². The maximum Gasteiger partial charge on any atom is 0.408 e. The molecule has 2 amide bonds. The van der Waals surface area contributed by atoms with Crippen LogP contribution in [-0.4, -0.2) is 40.6 Å². The van der Waals surface area contributed by atoms with E-state index in [1.165, 1.54) is 0 Å². The zero-order valence-corrected chi connectivity index (χ0v) is 15.6. The minimum Gasteiger partial charge on any atom is -0.444 e. The zero-order chi connectivity index (χ0) is 17.6. The van der Waals surface area contributed by atoms with Gasteiger partial charge < -0.3 is 15.0 Å². The van der Waals surface area contributed by atoms with Gasteiger partial charge in [0.2, 0.25) is 5.91 Å². The fourth-order valence-electron chi connectivity index (χ4n) is 1.95. The van der Waals surface area contributed by atoms with Crippen molar-refractivity contribution < 1.29 is 14.3 Å². The summed E-state index contributed by atoms with van der Waals surface area (Å²) in [6, 6.07) is 0. The van der Waals surface area contributed by atoms with Gasteiger partial charge in [-0.05, 0) is 33.6 Å². The first kappa shape index (κ1) is 19.4. The van der Waals surface area contributed by atoms with Crippen LogP contribution in [0.1, 0.15) is 45.3 Å². The van der Waals surface area contributed by atoms with Crippen LogP contribution in [-0.2, 0) is 16.1 Å². The molecule has 0 bridgehead atoms. The summed E-state index contributed by atoms with van der Waals surface area (Å²) in [4.78, 5) is 30.2. The van der Waals surface area contributed by atoms with E-state index >= 15 is 0 Å². The summed E-state index contributed by atoms with van der Waals surface area (Å²) in [5, 5.41) is 5.44. The number of nitrogens with zero attached hydrogens (tertiary/aromatic N) is 2. The number of carbonyl (C=O) groups excluding carboxylic acids is 2. The third-order valence-electron chi connectivity index (χ3n) is 2.74. The minimum atomic E-state index is -0.583. The molecule has 0 unspecified atom stereocenters. The van der Waals surface area contributed by atoms with Gasteiger partial charge in [-0.25, -0.2) is 9.78 Å². The van der Waals surface area contributed by atoms with Gasteiger partial charge in [-0.3, -0.25) is 4.79 Å². The lowest BCUT2D eigenvalue weighted by Gasteiger charge is -2.25. The van der Waals surface area contributed by atoms with Crippen LogP contribution in [0.4, 0.5) is 4.79 Å². The molecule has 1 aromatic heterocycles. The van der Waals surface area contributed by atoms with Crippen LogP contribution in [0, 0.1) is 12.8 Å². The highest BCUT2D eigenvalue weighted by atomic mass is 32.1. The molecule has 0 saturated heterocycles. The summed E-state index contributed by atoms with van der Waals surface area (Å²) >= 11 is 1.56. The molecule has 23 heavy (non-hydrogen) atoms. The van der Waals surface area contributed by atoms with Gasteiger partial charge in [-0.1, -0.05) is 13.8 Å². The molecule has 0 fully saturated rings. The van der Waals surface area contributed by atoms with Crippen molar-refractivity contribution in [3.8, 4) is 0 Å². The van der Waals surface area contributed by atoms with Gasteiger partial charge in [-0.15, -0.1) is 11.3 Å². The average Bonchev–Trinajstić information content (AvgIpc) is 2.78. The molecule has 0 radical (unpaired) electrons. The molecule has 130 valence electrons. The first-order valence-electron chi connectivity index (χ1n) is 7.72. The van der Waals surface area contributed by atoms with E-state index < -0.39 is 11.7 Å². The number of hydrogen-bond acceptors (Lipinski definition) is 5. The number of aromatic nitrogens is 1. The number of aryl methyl sites for hydroxylation is 1. The van der Waals surface area contributed by atoms with Crippen molar-refractivity contribution in [3.63, 3.8) is 0 Å². The lowest BCUT2D eigenvalue weighted by molar-refractivity contribution is -0.131. The van der Waals surface area contributed by atoms with Gasteiger partial charge in [0, 0.05) is 11.9 Å². The first-order chi connectivity index (χ1) is 10.6. The number of ether oxygens (including phenoxy) is 1. The molecule has 0 saturated carbocycles. The summed E-state index contributed by atoms with van der Waals surface area (Å²) < 4.78 is 5.14. The molecule has 0 aliphatic rings. The van der Waals surface area contributed by atoms with Crippen LogP contribution in [0.5, 0.6) is 0 Å². The first-order valence-corrected chi connectivity index (χ1v) is 8.60. The second kappa shape index (κ2) is 8.29. The Kier molecular flexibility index (Phi) is 7.00. The van der Waals surface area contributed by atoms with Crippen LogP contribution in [0.3, 0.4) is 0 Å². The summed E-state index contributed by atoms with van der Waals surface area (Å²) in [5.41, 5.74) is 0.293. The molecule has 0 spiro atoms. The number of nitrogens with one attached hydrogen (secondary N) is 1. The maximum atomic E-state index is 12.4. The fraction of sp³-hybridized carbons (Fsp3) is 0.688.